The molecule has 0 saturated carbocycles. The van der Waals surface area contributed by atoms with Crippen molar-refractivity contribution in [1.29, 1.82) is 0 Å². The normalized spacial score (nSPS) is 20.2. The Hall–Kier alpha value is -4.92. The number of rotatable bonds is 12. The molecular weight excluding hydrogens is 761 g/mol. The number of carbonyl (C=O) groups is 2. The molecule has 1 aliphatic carbocycles. The van der Waals surface area contributed by atoms with Crippen molar-refractivity contribution in [2.75, 3.05) is 40.4 Å². The van der Waals surface area contributed by atoms with Crippen LogP contribution in [0.4, 0.5) is 13.2 Å². The largest absolute Gasteiger partial charge is 0.496 e. The molecule has 57 heavy (non-hydrogen) atoms. The van der Waals surface area contributed by atoms with Gasteiger partial charge < -0.3 is 30.2 Å². The third kappa shape index (κ3) is 7.99. The standard InChI is InChI=1S/C42H44ClF3N6O5/c1-55-34-16-24(9-10-25(34)18-47-19-27-11-12-35(53)50-27)38-37(43)31(13-14-48-38)29-5-3-7-30-28(29)6-4-8-33(30)57-40-32(42(44,45)46)15-26(39(51-40)56-2)20-52-22-41(23-52)17-36(54)49-21-41/h3,5,7,9-10,13-16,27,33,47H,4,6,8,11-12,17-23H2,1-2H3,(H,49,54)(H,50,53)/t27?,33-/m1/s1. The van der Waals surface area contributed by atoms with Crippen molar-refractivity contribution in [3.05, 3.63) is 87.6 Å². The quantitative estimate of drug-likeness (QED) is 0.144. The van der Waals surface area contributed by atoms with Crippen LogP contribution in [0.15, 0.2) is 54.7 Å². The molecule has 8 rings (SSSR count). The Bertz CT molecular complexity index is 2200. The summed E-state index contributed by atoms with van der Waals surface area (Å²) in [5.41, 5.74) is 4.75. The number of aromatic nitrogens is 2. The summed E-state index contributed by atoms with van der Waals surface area (Å²) in [6.07, 6.45) is -0.100. The predicted octanol–water partition coefficient (Wildman–Crippen LogP) is 6.65. The number of alkyl halides is 3. The summed E-state index contributed by atoms with van der Waals surface area (Å²) < 4.78 is 61.5. The first-order chi connectivity index (χ1) is 27.4. The van der Waals surface area contributed by atoms with E-state index in [0.29, 0.717) is 86.9 Å². The number of hydrogen-bond acceptors (Lipinski definition) is 9. The van der Waals surface area contributed by atoms with Gasteiger partial charge in [-0.05, 0) is 60.6 Å². The Balaban J connectivity index is 1.03. The molecular formula is C42H44ClF3N6O5. The molecule has 2 aromatic heterocycles. The van der Waals surface area contributed by atoms with Crippen molar-refractivity contribution in [1.82, 2.24) is 30.8 Å². The maximum absolute atomic E-state index is 14.7. The number of fused-ring (bicyclic) bond motifs is 1. The Labute approximate surface area is 333 Å². The van der Waals surface area contributed by atoms with Crippen LogP contribution in [0, 0.1) is 5.41 Å². The summed E-state index contributed by atoms with van der Waals surface area (Å²) in [5, 5.41) is 9.65. The number of benzene rings is 2. The molecule has 1 spiro atoms. The number of hydrogen-bond donors (Lipinski definition) is 3. The molecule has 15 heteroatoms. The van der Waals surface area contributed by atoms with Gasteiger partial charge in [-0.25, -0.2) is 0 Å². The maximum Gasteiger partial charge on any atom is 0.421 e. The highest BCUT2D eigenvalue weighted by Crippen LogP contribution is 2.46. The minimum Gasteiger partial charge on any atom is -0.496 e. The zero-order chi connectivity index (χ0) is 39.9. The molecule has 300 valence electrons. The first-order valence-electron chi connectivity index (χ1n) is 19.2. The third-order valence-electron chi connectivity index (χ3n) is 11.5. The van der Waals surface area contributed by atoms with Crippen LogP contribution in [0.25, 0.3) is 22.4 Å². The number of nitrogens with zero attached hydrogens (tertiary/aromatic N) is 3. The van der Waals surface area contributed by atoms with Crippen molar-refractivity contribution in [2.24, 2.45) is 5.41 Å². The third-order valence-corrected chi connectivity index (χ3v) is 11.9. The minimum atomic E-state index is -4.73. The lowest BCUT2D eigenvalue weighted by Crippen LogP contribution is -2.56. The number of halogens is 4. The van der Waals surface area contributed by atoms with E-state index in [4.69, 9.17) is 25.8 Å². The van der Waals surface area contributed by atoms with Crippen molar-refractivity contribution in [3.63, 3.8) is 0 Å². The van der Waals surface area contributed by atoms with Gasteiger partial charge in [0.2, 0.25) is 23.6 Å². The van der Waals surface area contributed by atoms with Crippen molar-refractivity contribution < 1.29 is 37.0 Å². The Morgan fingerprint density at radius 1 is 0.982 bits per heavy atom. The Kier molecular flexibility index (Phi) is 10.8. The molecule has 0 radical (unpaired) electrons. The smallest absolute Gasteiger partial charge is 0.421 e. The first kappa shape index (κ1) is 38.9. The van der Waals surface area contributed by atoms with Crippen LogP contribution in [0.5, 0.6) is 17.5 Å². The fraction of sp³-hybridized carbons (Fsp3) is 0.429. The van der Waals surface area contributed by atoms with E-state index < -0.39 is 23.7 Å². The summed E-state index contributed by atoms with van der Waals surface area (Å²) in [6.45, 7) is 3.18. The van der Waals surface area contributed by atoms with E-state index in [2.05, 4.69) is 25.9 Å². The molecule has 3 fully saturated rings. The molecule has 3 saturated heterocycles. The molecule has 2 atom stereocenters. The average molecular weight is 805 g/mol. The van der Waals surface area contributed by atoms with Gasteiger partial charge in [0.05, 0.1) is 24.9 Å². The molecule has 2 aromatic carbocycles. The van der Waals surface area contributed by atoms with E-state index in [1.54, 1.807) is 13.3 Å². The second kappa shape index (κ2) is 15.8. The molecule has 3 N–H and O–H groups in total. The molecule has 11 nitrogen and oxygen atoms in total. The van der Waals surface area contributed by atoms with Crippen molar-refractivity contribution in [2.45, 2.75) is 69.9 Å². The van der Waals surface area contributed by atoms with E-state index in [1.165, 1.54) is 7.11 Å². The van der Waals surface area contributed by atoms with E-state index >= 15 is 0 Å². The van der Waals surface area contributed by atoms with Crippen molar-refractivity contribution >= 4 is 23.4 Å². The molecule has 1 unspecified atom stereocenters. The number of ether oxygens (including phenoxy) is 3. The minimum absolute atomic E-state index is 0.000697. The molecule has 2 amide bonds. The summed E-state index contributed by atoms with van der Waals surface area (Å²) >= 11 is 7.15. The Morgan fingerprint density at radius 3 is 2.54 bits per heavy atom. The first-order valence-corrected chi connectivity index (χ1v) is 19.6. The predicted molar refractivity (Wildman–Crippen MR) is 207 cm³/mol. The lowest BCUT2D eigenvalue weighted by Gasteiger charge is -2.47. The summed E-state index contributed by atoms with van der Waals surface area (Å²) in [4.78, 5) is 34.3. The van der Waals surface area contributed by atoms with Crippen LogP contribution in [-0.2, 0) is 35.3 Å². The van der Waals surface area contributed by atoms with Gasteiger partial charge in [-0.3, -0.25) is 19.5 Å². The highest BCUT2D eigenvalue weighted by atomic mass is 35.5. The van der Waals surface area contributed by atoms with Crippen LogP contribution in [0.1, 0.15) is 66.0 Å². The summed E-state index contributed by atoms with van der Waals surface area (Å²) in [6, 6.07) is 14.6. The maximum atomic E-state index is 14.7. The van der Waals surface area contributed by atoms with Gasteiger partial charge in [0.1, 0.15) is 17.4 Å². The van der Waals surface area contributed by atoms with Crippen LogP contribution in [0.3, 0.4) is 0 Å². The van der Waals surface area contributed by atoms with Gasteiger partial charge in [0.25, 0.3) is 0 Å². The monoisotopic (exact) mass is 804 g/mol. The van der Waals surface area contributed by atoms with Gasteiger partial charge in [0, 0.05) is 92.0 Å². The topological polar surface area (TPSA) is 127 Å². The highest BCUT2D eigenvalue weighted by molar-refractivity contribution is 6.35. The second-order valence-corrected chi connectivity index (χ2v) is 15.8. The zero-order valence-electron chi connectivity index (χ0n) is 31.7. The number of nitrogens with one attached hydrogen (secondary N) is 3. The molecule has 4 aliphatic rings. The number of pyridine rings is 2. The van der Waals surface area contributed by atoms with E-state index in [1.807, 2.05) is 47.4 Å². The second-order valence-electron chi connectivity index (χ2n) is 15.5. The summed E-state index contributed by atoms with van der Waals surface area (Å²) in [5.74, 6) is 0.287. The summed E-state index contributed by atoms with van der Waals surface area (Å²) in [7, 11) is 3.00. The average Bonchev–Trinajstić information content (AvgIpc) is 3.79. The van der Waals surface area contributed by atoms with E-state index in [9.17, 15) is 22.8 Å². The lowest BCUT2D eigenvalue weighted by molar-refractivity contribution is -0.140. The number of likely N-dealkylation sites (tertiary alicyclic amines) is 1. The number of carbonyl (C=O) groups excluding carboxylic acids is 2. The van der Waals surface area contributed by atoms with Crippen molar-refractivity contribution in [3.8, 4) is 39.9 Å². The van der Waals surface area contributed by atoms with Gasteiger partial charge in [-0.2, -0.15) is 18.2 Å². The lowest BCUT2D eigenvalue weighted by atomic mass is 9.79. The number of methoxy groups -OCH3 is 2. The molecule has 5 heterocycles. The van der Waals surface area contributed by atoms with E-state index in [-0.39, 0.29) is 35.7 Å². The highest BCUT2D eigenvalue weighted by Gasteiger charge is 2.48. The van der Waals surface area contributed by atoms with Crippen LogP contribution < -0.4 is 30.2 Å². The van der Waals surface area contributed by atoms with Gasteiger partial charge >= 0.3 is 6.18 Å². The fourth-order valence-electron chi connectivity index (χ4n) is 8.75. The zero-order valence-corrected chi connectivity index (χ0v) is 32.5. The van der Waals surface area contributed by atoms with Crippen LogP contribution >= 0.6 is 11.6 Å². The van der Waals surface area contributed by atoms with Gasteiger partial charge in [-0.1, -0.05) is 41.9 Å². The number of amides is 2. The van der Waals surface area contributed by atoms with Crippen LogP contribution in [0.2, 0.25) is 5.02 Å². The molecule has 4 aromatic rings. The van der Waals surface area contributed by atoms with Gasteiger partial charge in [0.15, 0.2) is 0 Å². The Morgan fingerprint density at radius 2 is 1.82 bits per heavy atom. The fourth-order valence-corrected chi connectivity index (χ4v) is 9.07. The van der Waals surface area contributed by atoms with E-state index in [0.717, 1.165) is 45.9 Å². The van der Waals surface area contributed by atoms with Gasteiger partial charge in [-0.15, -0.1) is 0 Å². The van der Waals surface area contributed by atoms with Crippen LogP contribution in [-0.4, -0.2) is 73.1 Å². The SMILES string of the molecule is COc1cc(-c2nccc(-c3cccc4c3CCC[C@H]4Oc3nc(OC)c(CN4CC5(CNC(=O)C5)C4)cc3C(F)(F)F)c2Cl)ccc1CNCC1CCC(=O)N1. The molecule has 3 aliphatic heterocycles. The molecule has 0 bridgehead atoms.